The number of piperidine rings is 1. The van der Waals surface area contributed by atoms with Crippen molar-refractivity contribution in [2.45, 2.75) is 19.3 Å². The molecule has 2 heterocycles. The van der Waals surface area contributed by atoms with Crippen LogP contribution in [0.3, 0.4) is 0 Å². The summed E-state index contributed by atoms with van der Waals surface area (Å²) in [6, 6.07) is 8.25. The van der Waals surface area contributed by atoms with E-state index in [0.717, 1.165) is 29.7 Å². The number of pyridine rings is 1. The molecule has 1 aromatic heterocycles. The third kappa shape index (κ3) is 1.93. The summed E-state index contributed by atoms with van der Waals surface area (Å²) in [6.45, 7) is 2.32. The molecule has 1 aliphatic heterocycles. The van der Waals surface area contributed by atoms with E-state index >= 15 is 0 Å². The average molecular weight is 227 g/mol. The Morgan fingerprint density at radius 3 is 2.71 bits per heavy atom. The highest BCUT2D eigenvalue weighted by molar-refractivity contribution is 5.92. The van der Waals surface area contributed by atoms with Gasteiger partial charge in [-0.1, -0.05) is 0 Å². The molecule has 0 saturated carbocycles. The molecule has 1 aliphatic rings. The van der Waals surface area contributed by atoms with Gasteiger partial charge in [0.2, 0.25) is 0 Å². The van der Waals surface area contributed by atoms with Crippen LogP contribution in [0.5, 0.6) is 0 Å². The van der Waals surface area contributed by atoms with Gasteiger partial charge in [0.15, 0.2) is 0 Å². The first-order valence-electron chi connectivity index (χ1n) is 6.24. The van der Waals surface area contributed by atoms with E-state index in [1.807, 2.05) is 6.07 Å². The van der Waals surface area contributed by atoms with Gasteiger partial charge in [0.25, 0.3) is 0 Å². The van der Waals surface area contributed by atoms with Gasteiger partial charge in [-0.3, -0.25) is 4.98 Å². The van der Waals surface area contributed by atoms with Crippen molar-refractivity contribution in [3.63, 3.8) is 0 Å². The summed E-state index contributed by atoms with van der Waals surface area (Å²) in [5, 5.41) is 1.07. The standard InChI is InChI=1S/C14H17N3/c15-13-6-7-16-14-5-4-11(10-12(13)14)17-8-2-1-3-9-17/h4-7,10H,1-3,8-9H2,(H2,15,16). The maximum atomic E-state index is 6.00. The number of aromatic nitrogens is 1. The Balaban J connectivity index is 2.03. The van der Waals surface area contributed by atoms with E-state index < -0.39 is 0 Å². The molecular weight excluding hydrogens is 210 g/mol. The zero-order chi connectivity index (χ0) is 11.7. The number of anilines is 2. The van der Waals surface area contributed by atoms with Gasteiger partial charge < -0.3 is 10.6 Å². The van der Waals surface area contributed by atoms with E-state index in [0.29, 0.717) is 0 Å². The number of nitrogen functional groups attached to an aromatic ring is 1. The van der Waals surface area contributed by atoms with Crippen molar-refractivity contribution in [3.05, 3.63) is 30.5 Å². The Kier molecular flexibility index (Phi) is 2.59. The highest BCUT2D eigenvalue weighted by Crippen LogP contribution is 2.26. The Morgan fingerprint density at radius 2 is 1.88 bits per heavy atom. The first kappa shape index (κ1) is 10.4. The Morgan fingerprint density at radius 1 is 1.06 bits per heavy atom. The van der Waals surface area contributed by atoms with Crippen LogP contribution in [0.1, 0.15) is 19.3 Å². The van der Waals surface area contributed by atoms with Crippen LogP contribution in [0.15, 0.2) is 30.5 Å². The lowest BCUT2D eigenvalue weighted by Crippen LogP contribution is -2.29. The van der Waals surface area contributed by atoms with E-state index in [2.05, 4.69) is 28.1 Å². The summed E-state index contributed by atoms with van der Waals surface area (Å²) in [5.74, 6) is 0. The first-order valence-corrected chi connectivity index (χ1v) is 6.24. The van der Waals surface area contributed by atoms with E-state index in [1.54, 1.807) is 6.20 Å². The van der Waals surface area contributed by atoms with Crippen LogP contribution in [0, 0.1) is 0 Å². The third-order valence-corrected chi connectivity index (χ3v) is 3.48. The number of nitrogens with zero attached hydrogens (tertiary/aromatic N) is 2. The predicted octanol–water partition coefficient (Wildman–Crippen LogP) is 2.81. The van der Waals surface area contributed by atoms with Crippen LogP contribution in [-0.2, 0) is 0 Å². The number of hydrogen-bond donors (Lipinski definition) is 1. The van der Waals surface area contributed by atoms with E-state index in [4.69, 9.17) is 5.73 Å². The zero-order valence-corrected chi connectivity index (χ0v) is 9.89. The summed E-state index contributed by atoms with van der Waals surface area (Å²) in [7, 11) is 0. The number of rotatable bonds is 1. The molecule has 0 aliphatic carbocycles. The number of benzene rings is 1. The van der Waals surface area contributed by atoms with Crippen LogP contribution in [0.25, 0.3) is 10.9 Å². The van der Waals surface area contributed by atoms with Crippen molar-refractivity contribution in [2.24, 2.45) is 0 Å². The molecule has 1 saturated heterocycles. The second-order valence-corrected chi connectivity index (χ2v) is 4.65. The summed E-state index contributed by atoms with van der Waals surface area (Å²) in [4.78, 5) is 6.77. The molecule has 3 heteroatoms. The quantitative estimate of drug-likeness (QED) is 0.814. The minimum absolute atomic E-state index is 0.814. The lowest BCUT2D eigenvalue weighted by molar-refractivity contribution is 0.578. The van der Waals surface area contributed by atoms with Crippen LogP contribution >= 0.6 is 0 Å². The summed E-state index contributed by atoms with van der Waals surface area (Å²) in [5.41, 5.74) is 9.06. The molecule has 1 fully saturated rings. The molecule has 1 aromatic carbocycles. The van der Waals surface area contributed by atoms with Gasteiger partial charge in [0, 0.05) is 36.0 Å². The summed E-state index contributed by atoms with van der Waals surface area (Å²) in [6.07, 6.45) is 5.70. The molecule has 0 spiro atoms. The monoisotopic (exact) mass is 227 g/mol. The number of fused-ring (bicyclic) bond motifs is 1. The Bertz CT molecular complexity index is 530. The second-order valence-electron chi connectivity index (χ2n) is 4.65. The number of nitrogens with two attached hydrogens (primary N) is 1. The van der Waals surface area contributed by atoms with Crippen molar-refractivity contribution < 1.29 is 0 Å². The van der Waals surface area contributed by atoms with Crippen LogP contribution in [-0.4, -0.2) is 18.1 Å². The molecule has 2 aromatic rings. The number of hydrogen-bond acceptors (Lipinski definition) is 3. The van der Waals surface area contributed by atoms with Crippen LogP contribution in [0.2, 0.25) is 0 Å². The smallest absolute Gasteiger partial charge is 0.0724 e. The lowest BCUT2D eigenvalue weighted by atomic mass is 10.1. The molecule has 0 amide bonds. The Hall–Kier alpha value is -1.77. The van der Waals surface area contributed by atoms with E-state index in [9.17, 15) is 0 Å². The molecule has 0 bridgehead atoms. The SMILES string of the molecule is Nc1ccnc2ccc(N3CCCCC3)cc12. The van der Waals surface area contributed by atoms with Crippen LogP contribution < -0.4 is 10.6 Å². The van der Waals surface area contributed by atoms with Gasteiger partial charge in [-0.25, -0.2) is 0 Å². The average Bonchev–Trinajstić information content (AvgIpc) is 2.40. The maximum absolute atomic E-state index is 6.00. The molecule has 0 atom stereocenters. The highest BCUT2D eigenvalue weighted by atomic mass is 15.1. The van der Waals surface area contributed by atoms with Gasteiger partial charge >= 0.3 is 0 Å². The maximum Gasteiger partial charge on any atom is 0.0724 e. The molecular formula is C14H17N3. The largest absolute Gasteiger partial charge is 0.398 e. The molecule has 0 radical (unpaired) electrons. The van der Waals surface area contributed by atoms with Crippen molar-refractivity contribution >= 4 is 22.3 Å². The second kappa shape index (κ2) is 4.24. The molecule has 0 unspecified atom stereocenters. The topological polar surface area (TPSA) is 42.1 Å². The van der Waals surface area contributed by atoms with Gasteiger partial charge in [-0.2, -0.15) is 0 Å². The molecule has 2 N–H and O–H groups in total. The molecule has 17 heavy (non-hydrogen) atoms. The van der Waals surface area contributed by atoms with E-state index in [-0.39, 0.29) is 0 Å². The first-order chi connectivity index (χ1) is 8.34. The summed E-state index contributed by atoms with van der Waals surface area (Å²) < 4.78 is 0. The molecule has 88 valence electrons. The normalized spacial score (nSPS) is 16.4. The molecule has 3 rings (SSSR count). The van der Waals surface area contributed by atoms with Crippen molar-refractivity contribution in [1.29, 1.82) is 0 Å². The zero-order valence-electron chi connectivity index (χ0n) is 9.89. The molecule has 3 nitrogen and oxygen atoms in total. The third-order valence-electron chi connectivity index (χ3n) is 3.48. The fourth-order valence-corrected chi connectivity index (χ4v) is 2.50. The minimum atomic E-state index is 0.814. The van der Waals surface area contributed by atoms with Crippen molar-refractivity contribution in [2.75, 3.05) is 23.7 Å². The summed E-state index contributed by atoms with van der Waals surface area (Å²) >= 11 is 0. The van der Waals surface area contributed by atoms with Crippen molar-refractivity contribution in [1.82, 2.24) is 4.98 Å². The van der Waals surface area contributed by atoms with E-state index in [1.165, 1.54) is 24.9 Å². The van der Waals surface area contributed by atoms with Gasteiger partial charge in [-0.05, 0) is 43.5 Å². The van der Waals surface area contributed by atoms with Crippen molar-refractivity contribution in [3.8, 4) is 0 Å². The fourth-order valence-electron chi connectivity index (χ4n) is 2.50. The van der Waals surface area contributed by atoms with Gasteiger partial charge in [0.1, 0.15) is 0 Å². The highest BCUT2D eigenvalue weighted by Gasteiger charge is 2.11. The van der Waals surface area contributed by atoms with Gasteiger partial charge in [-0.15, -0.1) is 0 Å². The predicted molar refractivity (Wildman–Crippen MR) is 72.2 cm³/mol. The fraction of sp³-hybridized carbons (Fsp3) is 0.357. The minimum Gasteiger partial charge on any atom is -0.398 e. The Labute approximate surface area is 101 Å². The van der Waals surface area contributed by atoms with Gasteiger partial charge in [0.05, 0.1) is 5.52 Å². The van der Waals surface area contributed by atoms with Crippen LogP contribution in [0.4, 0.5) is 11.4 Å². The lowest BCUT2D eigenvalue weighted by Gasteiger charge is -2.29.